The van der Waals surface area contributed by atoms with E-state index < -0.39 is 0 Å². The Labute approximate surface area is 106 Å². The molecule has 0 aromatic carbocycles. The van der Waals surface area contributed by atoms with Gasteiger partial charge >= 0.3 is 0 Å². The highest BCUT2D eigenvalue weighted by Crippen LogP contribution is 2.28. The van der Waals surface area contributed by atoms with E-state index in [2.05, 4.69) is 48.2 Å². The van der Waals surface area contributed by atoms with Crippen LogP contribution in [0.1, 0.15) is 34.1 Å². The number of guanidine groups is 1. The molecule has 1 saturated carbocycles. The second-order valence-electron chi connectivity index (χ2n) is 4.75. The molecule has 1 aliphatic rings. The molecule has 0 aromatic rings. The fourth-order valence-electron chi connectivity index (χ4n) is 1.86. The molecule has 0 bridgehead atoms. The largest absolute Gasteiger partial charge is 0.357 e. The Morgan fingerprint density at radius 1 is 1.29 bits per heavy atom. The lowest BCUT2D eigenvalue weighted by molar-refractivity contribution is 0.313. The molecule has 4 heteroatoms. The minimum atomic E-state index is 0.640. The van der Waals surface area contributed by atoms with Crippen molar-refractivity contribution >= 4 is 5.96 Å². The van der Waals surface area contributed by atoms with Gasteiger partial charge in [0, 0.05) is 19.1 Å². The van der Waals surface area contributed by atoms with E-state index in [4.69, 9.17) is 0 Å². The van der Waals surface area contributed by atoms with Gasteiger partial charge in [0.25, 0.3) is 0 Å². The molecule has 2 N–H and O–H groups in total. The Bertz CT molecular complexity index is 236. The fraction of sp³-hybridized carbons (Fsp3) is 0.923. The van der Waals surface area contributed by atoms with Gasteiger partial charge < -0.3 is 15.5 Å². The summed E-state index contributed by atoms with van der Waals surface area (Å²) in [5.74, 6) is 1.79. The van der Waals surface area contributed by atoms with E-state index >= 15 is 0 Å². The molecule has 0 heterocycles. The van der Waals surface area contributed by atoms with Crippen molar-refractivity contribution in [3.63, 3.8) is 0 Å². The molecule has 4 nitrogen and oxygen atoms in total. The zero-order valence-electron chi connectivity index (χ0n) is 11.8. The van der Waals surface area contributed by atoms with Crippen molar-refractivity contribution in [1.82, 2.24) is 15.5 Å². The summed E-state index contributed by atoms with van der Waals surface area (Å²) < 4.78 is 0. The lowest BCUT2D eigenvalue weighted by Gasteiger charge is -2.17. The summed E-state index contributed by atoms with van der Waals surface area (Å²) in [7, 11) is 0. The van der Waals surface area contributed by atoms with Crippen LogP contribution in [0.5, 0.6) is 0 Å². The summed E-state index contributed by atoms with van der Waals surface area (Å²) in [6.45, 7) is 13.8. The maximum absolute atomic E-state index is 4.62. The first kappa shape index (κ1) is 14.3. The molecule has 1 aliphatic carbocycles. The van der Waals surface area contributed by atoms with E-state index in [9.17, 15) is 0 Å². The van der Waals surface area contributed by atoms with Crippen molar-refractivity contribution in [2.24, 2.45) is 10.9 Å². The number of nitrogens with zero attached hydrogens (tertiary/aromatic N) is 2. The summed E-state index contributed by atoms with van der Waals surface area (Å²) >= 11 is 0. The van der Waals surface area contributed by atoms with Gasteiger partial charge in [-0.05, 0) is 32.4 Å². The predicted molar refractivity (Wildman–Crippen MR) is 74.5 cm³/mol. The number of hydrogen-bond acceptors (Lipinski definition) is 2. The van der Waals surface area contributed by atoms with Gasteiger partial charge in [-0.25, -0.2) is 0 Å². The Morgan fingerprint density at radius 3 is 2.41 bits per heavy atom. The minimum Gasteiger partial charge on any atom is -0.357 e. The number of nitrogens with one attached hydrogen (secondary N) is 2. The third-order valence-corrected chi connectivity index (χ3v) is 3.36. The first-order valence-electron chi connectivity index (χ1n) is 6.98. The van der Waals surface area contributed by atoms with Crippen LogP contribution in [-0.4, -0.2) is 49.6 Å². The maximum atomic E-state index is 4.62. The number of hydrogen-bond donors (Lipinski definition) is 2. The molecule has 0 spiro atoms. The molecular weight excluding hydrogens is 212 g/mol. The lowest BCUT2D eigenvalue weighted by atomic mass is 10.4. The van der Waals surface area contributed by atoms with Crippen LogP contribution in [0.3, 0.4) is 0 Å². The topological polar surface area (TPSA) is 39.7 Å². The summed E-state index contributed by atoms with van der Waals surface area (Å²) in [5, 5.41) is 6.78. The first-order valence-corrected chi connectivity index (χ1v) is 6.98. The van der Waals surface area contributed by atoms with E-state index in [-0.39, 0.29) is 0 Å². The third-order valence-electron chi connectivity index (χ3n) is 3.36. The van der Waals surface area contributed by atoms with Crippen molar-refractivity contribution in [2.45, 2.75) is 40.2 Å². The zero-order chi connectivity index (χ0) is 12.7. The molecule has 0 aromatic heterocycles. The molecule has 0 amide bonds. The van der Waals surface area contributed by atoms with Crippen LogP contribution in [0.2, 0.25) is 0 Å². The maximum Gasteiger partial charge on any atom is 0.191 e. The van der Waals surface area contributed by atoms with E-state index in [0.29, 0.717) is 6.04 Å². The van der Waals surface area contributed by atoms with Crippen LogP contribution >= 0.6 is 0 Å². The lowest BCUT2D eigenvalue weighted by Crippen LogP contribution is -2.39. The van der Waals surface area contributed by atoms with Gasteiger partial charge in [0.2, 0.25) is 0 Å². The van der Waals surface area contributed by atoms with Crippen LogP contribution in [0, 0.1) is 5.92 Å². The smallest absolute Gasteiger partial charge is 0.191 e. The van der Waals surface area contributed by atoms with Crippen molar-refractivity contribution in [3.05, 3.63) is 0 Å². The van der Waals surface area contributed by atoms with Gasteiger partial charge in [-0.3, -0.25) is 4.99 Å². The molecule has 2 unspecified atom stereocenters. The third kappa shape index (κ3) is 5.39. The molecule has 2 atom stereocenters. The molecule has 17 heavy (non-hydrogen) atoms. The Balaban J connectivity index is 2.29. The van der Waals surface area contributed by atoms with Crippen LogP contribution in [0.25, 0.3) is 0 Å². The SMILES string of the molecule is CCNC(=NCCN(CC)CC)NC1CC1C. The van der Waals surface area contributed by atoms with E-state index in [1.54, 1.807) is 0 Å². The average Bonchev–Trinajstić information content (AvgIpc) is 3.00. The van der Waals surface area contributed by atoms with Gasteiger partial charge in [0.05, 0.1) is 6.54 Å². The summed E-state index contributed by atoms with van der Waals surface area (Å²) in [6.07, 6.45) is 1.28. The first-order chi connectivity index (χ1) is 8.21. The van der Waals surface area contributed by atoms with E-state index in [1.807, 2.05) is 0 Å². The molecular formula is C13H28N4. The van der Waals surface area contributed by atoms with Crippen molar-refractivity contribution in [3.8, 4) is 0 Å². The Morgan fingerprint density at radius 2 is 1.94 bits per heavy atom. The molecule has 0 radical (unpaired) electrons. The number of rotatable bonds is 7. The highest BCUT2D eigenvalue weighted by atomic mass is 15.2. The quantitative estimate of drug-likeness (QED) is 0.520. The van der Waals surface area contributed by atoms with Crippen LogP contribution < -0.4 is 10.6 Å². The van der Waals surface area contributed by atoms with Crippen molar-refractivity contribution in [1.29, 1.82) is 0 Å². The van der Waals surface area contributed by atoms with Crippen LogP contribution in [0.4, 0.5) is 0 Å². The second kappa shape index (κ2) is 7.54. The standard InChI is InChI=1S/C13H28N4/c1-5-14-13(16-12-10-11(12)4)15-8-9-17(6-2)7-3/h11-12H,5-10H2,1-4H3,(H2,14,15,16). The normalized spacial score (nSPS) is 23.9. The second-order valence-corrected chi connectivity index (χ2v) is 4.75. The van der Waals surface area contributed by atoms with Gasteiger partial charge in [0.15, 0.2) is 5.96 Å². The molecule has 1 fully saturated rings. The average molecular weight is 240 g/mol. The summed E-state index contributed by atoms with van der Waals surface area (Å²) in [4.78, 5) is 7.01. The minimum absolute atomic E-state index is 0.640. The highest BCUT2D eigenvalue weighted by molar-refractivity contribution is 5.80. The number of likely N-dealkylation sites (N-methyl/N-ethyl adjacent to an activating group) is 1. The highest BCUT2D eigenvalue weighted by Gasteiger charge is 2.33. The van der Waals surface area contributed by atoms with Gasteiger partial charge in [-0.1, -0.05) is 20.8 Å². The van der Waals surface area contributed by atoms with Gasteiger partial charge in [-0.2, -0.15) is 0 Å². The van der Waals surface area contributed by atoms with Crippen molar-refractivity contribution < 1.29 is 0 Å². The monoisotopic (exact) mass is 240 g/mol. The fourth-order valence-corrected chi connectivity index (χ4v) is 1.86. The van der Waals surface area contributed by atoms with Gasteiger partial charge in [-0.15, -0.1) is 0 Å². The molecule has 0 aliphatic heterocycles. The van der Waals surface area contributed by atoms with Crippen LogP contribution in [0.15, 0.2) is 4.99 Å². The van der Waals surface area contributed by atoms with E-state index in [0.717, 1.165) is 44.6 Å². The van der Waals surface area contributed by atoms with E-state index in [1.165, 1.54) is 6.42 Å². The molecule has 100 valence electrons. The van der Waals surface area contributed by atoms with Gasteiger partial charge in [0.1, 0.15) is 0 Å². The van der Waals surface area contributed by atoms with Crippen LogP contribution in [-0.2, 0) is 0 Å². The number of aliphatic imine (C=N–C) groups is 1. The summed E-state index contributed by atoms with van der Waals surface area (Å²) in [5.41, 5.74) is 0. The Hall–Kier alpha value is -0.770. The van der Waals surface area contributed by atoms with Crippen molar-refractivity contribution in [2.75, 3.05) is 32.7 Å². The Kier molecular flexibility index (Phi) is 6.34. The predicted octanol–water partition coefficient (Wildman–Crippen LogP) is 1.29. The zero-order valence-corrected chi connectivity index (χ0v) is 11.8. The molecule has 1 rings (SSSR count). The summed E-state index contributed by atoms with van der Waals surface area (Å²) in [6, 6.07) is 0.640. The molecule has 0 saturated heterocycles.